The fourth-order valence-corrected chi connectivity index (χ4v) is 5.36. The molecule has 1 saturated heterocycles. The summed E-state index contributed by atoms with van der Waals surface area (Å²) in [5.41, 5.74) is 4.29. The number of nitrogens with one attached hydrogen (secondary N) is 2. The molecule has 2 aromatic rings. The van der Waals surface area contributed by atoms with Crippen molar-refractivity contribution in [2.24, 2.45) is 10.9 Å². The van der Waals surface area contributed by atoms with Gasteiger partial charge in [-0.25, -0.2) is 9.78 Å². The summed E-state index contributed by atoms with van der Waals surface area (Å²) in [7, 11) is 5.85. The summed E-state index contributed by atoms with van der Waals surface area (Å²) in [4.78, 5) is 21.5. The Morgan fingerprint density at radius 1 is 1.34 bits per heavy atom. The monoisotopic (exact) mass is 403 g/mol. The molecule has 3 heterocycles. The lowest BCUT2D eigenvalue weighted by Crippen LogP contribution is -2.61. The van der Waals surface area contributed by atoms with Gasteiger partial charge in [0.2, 0.25) is 0 Å². The van der Waals surface area contributed by atoms with Crippen molar-refractivity contribution in [1.82, 2.24) is 15.6 Å². The smallest absolute Gasteiger partial charge is 0.315 e. The minimum absolute atomic E-state index is 0.0296. The molecule has 2 aliphatic rings. The minimum Gasteiger partial charge on any atom is -0.335 e. The molecule has 2 N–H and O–H groups in total. The Kier molecular flexibility index (Phi) is 5.42. The van der Waals surface area contributed by atoms with Crippen LogP contribution in [-0.4, -0.2) is 43.1 Å². The Bertz CT molecular complexity index is 1010. The van der Waals surface area contributed by atoms with E-state index in [1.165, 1.54) is 0 Å². The molecular formula is C21H22BN5OS. The number of urea groups is 1. The van der Waals surface area contributed by atoms with Crippen molar-refractivity contribution < 1.29 is 4.79 Å². The molecule has 29 heavy (non-hydrogen) atoms. The van der Waals surface area contributed by atoms with E-state index in [-0.39, 0.29) is 30.0 Å². The van der Waals surface area contributed by atoms with Crippen molar-refractivity contribution in [1.29, 1.82) is 5.26 Å². The van der Waals surface area contributed by atoms with Gasteiger partial charge in [-0.05, 0) is 55.9 Å². The highest BCUT2D eigenvalue weighted by atomic mass is 32.1. The van der Waals surface area contributed by atoms with Gasteiger partial charge in [-0.3, -0.25) is 0 Å². The zero-order valence-corrected chi connectivity index (χ0v) is 17.3. The topological polar surface area (TPSA) is 90.2 Å². The molecule has 0 spiro atoms. The molecule has 0 aliphatic carbocycles. The number of aromatic nitrogens is 1. The van der Waals surface area contributed by atoms with E-state index in [9.17, 15) is 4.79 Å². The maximum Gasteiger partial charge on any atom is 0.315 e. The molecule has 6 nitrogen and oxygen atoms in total. The Morgan fingerprint density at radius 2 is 2.17 bits per heavy atom. The molecule has 146 valence electrons. The number of aliphatic imine (C=N–C) groups is 1. The first kappa shape index (κ1) is 19.7. The van der Waals surface area contributed by atoms with Gasteiger partial charge in [0.15, 0.2) is 0 Å². The number of rotatable bonds is 3. The van der Waals surface area contributed by atoms with Crippen LogP contribution in [0.3, 0.4) is 0 Å². The van der Waals surface area contributed by atoms with Crippen LogP contribution in [0.25, 0.3) is 11.3 Å². The Balaban J connectivity index is 1.65. The van der Waals surface area contributed by atoms with Gasteiger partial charge in [-0.15, -0.1) is 11.3 Å². The summed E-state index contributed by atoms with van der Waals surface area (Å²) in [5.74, 6) is 0.300. The quantitative estimate of drug-likeness (QED) is 0.772. The molecule has 1 aromatic carbocycles. The van der Waals surface area contributed by atoms with Crippen molar-refractivity contribution in [3.63, 3.8) is 0 Å². The van der Waals surface area contributed by atoms with Crippen molar-refractivity contribution in [2.75, 3.05) is 6.54 Å². The first-order valence-corrected chi connectivity index (χ1v) is 10.7. The van der Waals surface area contributed by atoms with Crippen molar-refractivity contribution in [3.05, 3.63) is 39.7 Å². The molecule has 4 unspecified atom stereocenters. The van der Waals surface area contributed by atoms with Crippen LogP contribution in [0, 0.1) is 24.2 Å². The van der Waals surface area contributed by atoms with Crippen LogP contribution < -0.4 is 10.6 Å². The predicted molar refractivity (Wildman–Crippen MR) is 115 cm³/mol. The van der Waals surface area contributed by atoms with Gasteiger partial charge in [0.1, 0.15) is 12.9 Å². The van der Waals surface area contributed by atoms with E-state index in [0.29, 0.717) is 17.7 Å². The minimum atomic E-state index is -0.138. The van der Waals surface area contributed by atoms with Crippen LogP contribution in [0.1, 0.15) is 41.8 Å². The lowest BCUT2D eigenvalue weighted by molar-refractivity contribution is 0.192. The third kappa shape index (κ3) is 3.92. The molecule has 0 saturated carbocycles. The fourth-order valence-electron chi connectivity index (χ4n) is 4.29. The van der Waals surface area contributed by atoms with Crippen molar-refractivity contribution >= 4 is 30.8 Å². The fraction of sp³-hybridized carbons (Fsp3) is 0.429. The van der Waals surface area contributed by atoms with Gasteiger partial charge >= 0.3 is 6.03 Å². The zero-order chi connectivity index (χ0) is 20.5. The third-order valence-electron chi connectivity index (χ3n) is 5.83. The molecule has 2 amide bonds. The van der Waals surface area contributed by atoms with E-state index in [1.807, 2.05) is 32.0 Å². The Morgan fingerprint density at radius 3 is 2.86 bits per heavy atom. The summed E-state index contributed by atoms with van der Waals surface area (Å²) in [5, 5.41) is 18.3. The Hall–Kier alpha value is -2.66. The first-order chi connectivity index (χ1) is 14.0. The highest BCUT2D eigenvalue weighted by molar-refractivity contribution is 7.10. The summed E-state index contributed by atoms with van der Waals surface area (Å²) in [6.45, 7) is 4.66. The number of amides is 2. The second-order valence-corrected chi connectivity index (χ2v) is 8.69. The number of carbonyl (C=O) groups excluding carboxylic acids is 1. The van der Waals surface area contributed by atoms with Gasteiger partial charge in [0.25, 0.3) is 0 Å². The molecule has 1 fully saturated rings. The highest BCUT2D eigenvalue weighted by Crippen LogP contribution is 2.37. The summed E-state index contributed by atoms with van der Waals surface area (Å²) in [6.07, 6.45) is 1.68. The number of carbonyl (C=O) groups is 1. The molecule has 2 radical (unpaired) electrons. The van der Waals surface area contributed by atoms with Gasteiger partial charge in [-0.2, -0.15) is 5.26 Å². The summed E-state index contributed by atoms with van der Waals surface area (Å²) in [6, 6.07) is 7.63. The summed E-state index contributed by atoms with van der Waals surface area (Å²) >= 11 is 1.61. The lowest BCUT2D eigenvalue weighted by atomic mass is 9.77. The molecule has 4 rings (SSSR count). The number of thiazole rings is 1. The van der Waals surface area contributed by atoms with Crippen LogP contribution in [0.5, 0.6) is 0 Å². The largest absolute Gasteiger partial charge is 0.335 e. The van der Waals surface area contributed by atoms with Crippen LogP contribution in [-0.2, 0) is 0 Å². The third-order valence-corrected chi connectivity index (χ3v) is 6.77. The molecule has 0 bridgehead atoms. The van der Waals surface area contributed by atoms with Gasteiger partial charge in [0, 0.05) is 29.6 Å². The number of benzene rings is 1. The van der Waals surface area contributed by atoms with E-state index >= 15 is 0 Å². The van der Waals surface area contributed by atoms with Crippen LogP contribution in [0.15, 0.2) is 28.6 Å². The first-order valence-electron chi connectivity index (χ1n) is 9.78. The van der Waals surface area contributed by atoms with Gasteiger partial charge < -0.3 is 15.6 Å². The second-order valence-electron chi connectivity index (χ2n) is 7.80. The molecule has 8 heteroatoms. The average molecular weight is 403 g/mol. The van der Waals surface area contributed by atoms with Crippen LogP contribution in [0.4, 0.5) is 4.79 Å². The van der Waals surface area contributed by atoms with Crippen molar-refractivity contribution in [2.45, 2.75) is 44.7 Å². The number of aryl methyl sites for hydroxylation is 1. The molecular weight excluding hydrogens is 381 g/mol. The second kappa shape index (κ2) is 8.00. The normalized spacial score (nSPS) is 26.8. The van der Waals surface area contributed by atoms with Crippen molar-refractivity contribution in [3.8, 4) is 17.3 Å². The van der Waals surface area contributed by atoms with Crippen LogP contribution >= 0.6 is 11.3 Å². The van der Waals surface area contributed by atoms with E-state index in [2.05, 4.69) is 27.1 Å². The summed E-state index contributed by atoms with van der Waals surface area (Å²) < 4.78 is 0. The number of hydrogen-bond acceptors (Lipinski definition) is 5. The molecule has 1 aromatic heterocycles. The maximum atomic E-state index is 12.2. The average Bonchev–Trinajstić information content (AvgIpc) is 3.17. The number of nitriles is 1. The predicted octanol–water partition coefficient (Wildman–Crippen LogP) is 3.12. The Labute approximate surface area is 175 Å². The van der Waals surface area contributed by atoms with E-state index in [0.717, 1.165) is 34.7 Å². The van der Waals surface area contributed by atoms with E-state index in [1.54, 1.807) is 11.3 Å². The maximum absolute atomic E-state index is 12.2. The van der Waals surface area contributed by atoms with Gasteiger partial charge in [0.05, 0.1) is 23.2 Å². The molecule has 4 atom stereocenters. The SMILES string of the molecule is [B]C1=NCC(C2NC(=O)NC(C)C2c2nc(-c3ccc(C#N)cc3C)cs2)CC1. The number of nitrogens with zero attached hydrogens (tertiary/aromatic N) is 3. The van der Waals surface area contributed by atoms with E-state index < -0.39 is 0 Å². The van der Waals surface area contributed by atoms with E-state index in [4.69, 9.17) is 18.1 Å². The zero-order valence-electron chi connectivity index (χ0n) is 16.5. The number of hydrogen-bond donors (Lipinski definition) is 2. The van der Waals surface area contributed by atoms with Gasteiger partial charge in [-0.1, -0.05) is 6.07 Å². The standard InChI is InChI=1S/C21H22BN5OS/c1-11-7-13(8-23)3-5-15(11)16-10-29-20(26-16)18-12(2)25-21(28)27-19(18)14-4-6-17(22)24-9-14/h3,5,7,10,12,14,18-19H,4,6,9H2,1-2H3,(H2,25,27,28). The van der Waals surface area contributed by atoms with Crippen LogP contribution in [0.2, 0.25) is 0 Å². The molecule has 2 aliphatic heterocycles. The highest BCUT2D eigenvalue weighted by Gasteiger charge is 2.41. The lowest BCUT2D eigenvalue weighted by Gasteiger charge is -2.41.